The van der Waals surface area contributed by atoms with Crippen molar-refractivity contribution in [1.82, 2.24) is 9.62 Å². The Morgan fingerprint density at radius 2 is 2.00 bits per heavy atom. The minimum Gasteiger partial charge on any atom is -0.297 e. The maximum absolute atomic E-state index is 13.6. The summed E-state index contributed by atoms with van der Waals surface area (Å²) >= 11 is 0. The molecule has 0 aromatic heterocycles. The van der Waals surface area contributed by atoms with Crippen molar-refractivity contribution in [2.24, 2.45) is 0 Å². The number of hydrogen-bond acceptors (Lipinski definition) is 3. The number of sulfonamides is 1. The van der Waals surface area contributed by atoms with Gasteiger partial charge in [-0.3, -0.25) is 4.90 Å². The lowest BCUT2D eigenvalue weighted by molar-refractivity contribution is 0.318. The summed E-state index contributed by atoms with van der Waals surface area (Å²) < 4.78 is 53.3. The maximum atomic E-state index is 13.6. The Labute approximate surface area is 117 Å². The molecule has 1 atom stereocenters. The van der Waals surface area contributed by atoms with Crippen LogP contribution in [-0.4, -0.2) is 38.2 Å². The van der Waals surface area contributed by atoms with Gasteiger partial charge in [0.2, 0.25) is 10.0 Å². The Hall–Kier alpha value is -1.05. The predicted octanol–water partition coefficient (Wildman–Crippen LogP) is 1.48. The zero-order valence-corrected chi connectivity index (χ0v) is 12.1. The highest BCUT2D eigenvalue weighted by atomic mass is 32.2. The SMILES string of the molecule is CCNS(=O)(=O)C1CCN(Cc2c(F)cccc2F)C1. The minimum atomic E-state index is -3.33. The molecule has 1 fully saturated rings. The molecule has 0 aliphatic carbocycles. The Morgan fingerprint density at radius 3 is 2.60 bits per heavy atom. The fourth-order valence-electron chi connectivity index (χ4n) is 2.42. The summed E-state index contributed by atoms with van der Waals surface area (Å²) in [5, 5.41) is -0.516. The Morgan fingerprint density at radius 1 is 1.35 bits per heavy atom. The van der Waals surface area contributed by atoms with Crippen LogP contribution in [0.2, 0.25) is 0 Å². The second-order valence-electron chi connectivity index (χ2n) is 4.89. The molecule has 1 aliphatic heterocycles. The van der Waals surface area contributed by atoms with E-state index in [9.17, 15) is 17.2 Å². The standard InChI is InChI=1S/C13H18F2N2O2S/c1-2-16-20(18,19)10-6-7-17(8-10)9-11-12(14)4-3-5-13(11)15/h3-5,10,16H,2,6-9H2,1H3. The molecule has 1 unspecified atom stereocenters. The van der Waals surface area contributed by atoms with Crippen LogP contribution >= 0.6 is 0 Å². The first-order valence-corrected chi connectivity index (χ1v) is 8.12. The summed E-state index contributed by atoms with van der Waals surface area (Å²) in [5.74, 6) is -1.19. The summed E-state index contributed by atoms with van der Waals surface area (Å²) in [5.41, 5.74) is -0.00556. The van der Waals surface area contributed by atoms with E-state index >= 15 is 0 Å². The molecular weight excluding hydrogens is 286 g/mol. The van der Waals surface area contributed by atoms with Crippen LogP contribution in [0.3, 0.4) is 0 Å². The van der Waals surface area contributed by atoms with Gasteiger partial charge in [-0.05, 0) is 25.1 Å². The van der Waals surface area contributed by atoms with Crippen molar-refractivity contribution < 1.29 is 17.2 Å². The topological polar surface area (TPSA) is 49.4 Å². The molecule has 0 amide bonds. The van der Waals surface area contributed by atoms with Gasteiger partial charge in [0, 0.05) is 25.2 Å². The van der Waals surface area contributed by atoms with E-state index in [-0.39, 0.29) is 12.1 Å². The van der Waals surface area contributed by atoms with Gasteiger partial charge in [0.25, 0.3) is 0 Å². The second-order valence-corrected chi connectivity index (χ2v) is 6.93. The normalized spacial score (nSPS) is 20.4. The van der Waals surface area contributed by atoms with E-state index in [4.69, 9.17) is 0 Å². The van der Waals surface area contributed by atoms with Gasteiger partial charge in [-0.1, -0.05) is 13.0 Å². The fraction of sp³-hybridized carbons (Fsp3) is 0.538. The molecular formula is C13H18F2N2O2S. The highest BCUT2D eigenvalue weighted by Crippen LogP contribution is 2.21. The van der Waals surface area contributed by atoms with Gasteiger partial charge < -0.3 is 0 Å². The Bertz CT molecular complexity index is 557. The largest absolute Gasteiger partial charge is 0.297 e. The summed E-state index contributed by atoms with van der Waals surface area (Å²) in [6, 6.07) is 3.74. The van der Waals surface area contributed by atoms with E-state index in [1.807, 2.05) is 0 Å². The van der Waals surface area contributed by atoms with E-state index in [0.717, 1.165) is 0 Å². The lowest BCUT2D eigenvalue weighted by Gasteiger charge is -2.17. The van der Waals surface area contributed by atoms with Crippen molar-refractivity contribution in [2.45, 2.75) is 25.1 Å². The molecule has 1 aromatic carbocycles. The van der Waals surface area contributed by atoms with E-state index < -0.39 is 26.9 Å². The second kappa shape index (κ2) is 6.15. The summed E-state index contributed by atoms with van der Waals surface area (Å²) in [7, 11) is -3.33. The quantitative estimate of drug-likeness (QED) is 0.896. The monoisotopic (exact) mass is 304 g/mol. The third kappa shape index (κ3) is 3.34. The van der Waals surface area contributed by atoms with Crippen LogP contribution in [0.15, 0.2) is 18.2 Å². The number of halogens is 2. The van der Waals surface area contributed by atoms with E-state index in [0.29, 0.717) is 26.1 Å². The molecule has 1 N–H and O–H groups in total. The van der Waals surface area contributed by atoms with Crippen LogP contribution in [-0.2, 0) is 16.6 Å². The number of hydrogen-bond donors (Lipinski definition) is 1. The highest BCUT2D eigenvalue weighted by Gasteiger charge is 2.33. The van der Waals surface area contributed by atoms with E-state index in [2.05, 4.69) is 4.72 Å². The predicted molar refractivity (Wildman–Crippen MR) is 72.6 cm³/mol. The van der Waals surface area contributed by atoms with Gasteiger partial charge in [-0.15, -0.1) is 0 Å². The first-order chi connectivity index (χ1) is 9.44. The molecule has 112 valence electrons. The first-order valence-electron chi connectivity index (χ1n) is 6.57. The summed E-state index contributed by atoms with van der Waals surface area (Å²) in [6.45, 7) is 2.97. The van der Waals surface area contributed by atoms with Crippen molar-refractivity contribution >= 4 is 10.0 Å². The van der Waals surface area contributed by atoms with Crippen LogP contribution in [0.5, 0.6) is 0 Å². The molecule has 4 nitrogen and oxygen atoms in total. The molecule has 1 heterocycles. The number of likely N-dealkylation sites (tertiary alicyclic amines) is 1. The zero-order valence-electron chi connectivity index (χ0n) is 11.3. The molecule has 20 heavy (non-hydrogen) atoms. The molecule has 0 spiro atoms. The van der Waals surface area contributed by atoms with Crippen LogP contribution in [0.4, 0.5) is 8.78 Å². The third-order valence-corrected chi connectivity index (χ3v) is 5.41. The Kier molecular flexibility index (Phi) is 4.72. The van der Waals surface area contributed by atoms with Crippen LogP contribution in [0.25, 0.3) is 0 Å². The van der Waals surface area contributed by atoms with Gasteiger partial charge in [0.1, 0.15) is 11.6 Å². The average Bonchev–Trinajstić information content (AvgIpc) is 2.83. The van der Waals surface area contributed by atoms with Gasteiger partial charge >= 0.3 is 0 Å². The van der Waals surface area contributed by atoms with Crippen LogP contribution in [0.1, 0.15) is 18.9 Å². The van der Waals surface area contributed by atoms with Crippen LogP contribution < -0.4 is 4.72 Å². The number of rotatable bonds is 5. The number of benzene rings is 1. The molecule has 0 saturated carbocycles. The lowest BCUT2D eigenvalue weighted by atomic mass is 10.2. The van der Waals surface area contributed by atoms with Crippen molar-refractivity contribution in [3.63, 3.8) is 0 Å². The molecule has 7 heteroatoms. The van der Waals surface area contributed by atoms with Crippen molar-refractivity contribution in [3.8, 4) is 0 Å². The summed E-state index contributed by atoms with van der Waals surface area (Å²) in [4.78, 5) is 1.76. The first kappa shape index (κ1) is 15.3. The van der Waals surface area contributed by atoms with Crippen molar-refractivity contribution in [2.75, 3.05) is 19.6 Å². The van der Waals surface area contributed by atoms with Crippen LogP contribution in [0, 0.1) is 11.6 Å². The fourth-order valence-corrected chi connectivity index (χ4v) is 3.88. The van der Waals surface area contributed by atoms with Gasteiger partial charge in [-0.25, -0.2) is 21.9 Å². The molecule has 2 rings (SSSR count). The van der Waals surface area contributed by atoms with Gasteiger partial charge in [0.05, 0.1) is 5.25 Å². The third-order valence-electron chi connectivity index (χ3n) is 3.46. The number of nitrogens with one attached hydrogen (secondary N) is 1. The lowest BCUT2D eigenvalue weighted by Crippen LogP contribution is -2.36. The average molecular weight is 304 g/mol. The number of nitrogens with zero attached hydrogens (tertiary/aromatic N) is 1. The molecule has 1 aromatic rings. The van der Waals surface area contributed by atoms with Gasteiger partial charge in [-0.2, -0.15) is 0 Å². The minimum absolute atomic E-state index is 0.00556. The molecule has 1 saturated heterocycles. The smallest absolute Gasteiger partial charge is 0.215 e. The summed E-state index contributed by atoms with van der Waals surface area (Å²) in [6.07, 6.45) is 0.478. The van der Waals surface area contributed by atoms with Crippen molar-refractivity contribution in [1.29, 1.82) is 0 Å². The van der Waals surface area contributed by atoms with Crippen molar-refractivity contribution in [3.05, 3.63) is 35.4 Å². The zero-order chi connectivity index (χ0) is 14.8. The van der Waals surface area contributed by atoms with Gasteiger partial charge in [0.15, 0.2) is 0 Å². The Balaban J connectivity index is 2.04. The highest BCUT2D eigenvalue weighted by molar-refractivity contribution is 7.90. The molecule has 0 bridgehead atoms. The molecule has 1 aliphatic rings. The molecule has 0 radical (unpaired) electrons. The maximum Gasteiger partial charge on any atom is 0.215 e. The van der Waals surface area contributed by atoms with E-state index in [1.165, 1.54) is 18.2 Å². The van der Waals surface area contributed by atoms with E-state index in [1.54, 1.807) is 11.8 Å².